The number of para-hydroxylation sites is 2. The Hall–Kier alpha value is -2.26. The van der Waals surface area contributed by atoms with E-state index in [-0.39, 0.29) is 0 Å². The van der Waals surface area contributed by atoms with Crippen molar-refractivity contribution in [1.82, 2.24) is 0 Å². The number of ether oxygens (including phenoxy) is 1. The van der Waals surface area contributed by atoms with E-state index in [2.05, 4.69) is 0 Å². The first kappa shape index (κ1) is 13.7. The summed E-state index contributed by atoms with van der Waals surface area (Å²) in [5.74, 6) is 1.22. The van der Waals surface area contributed by atoms with Crippen molar-refractivity contribution in [3.8, 4) is 5.75 Å². The van der Waals surface area contributed by atoms with E-state index in [4.69, 9.17) is 9.15 Å². The van der Waals surface area contributed by atoms with Crippen molar-refractivity contribution >= 4 is 11.0 Å². The molecule has 0 bridgehead atoms. The van der Waals surface area contributed by atoms with E-state index < -0.39 is 6.10 Å². The first-order chi connectivity index (χ1) is 10.2. The van der Waals surface area contributed by atoms with Gasteiger partial charge in [0.05, 0.1) is 6.61 Å². The summed E-state index contributed by atoms with van der Waals surface area (Å²) in [6.45, 7) is 4.48. The fraction of sp³-hybridized carbons (Fsp3) is 0.222. The van der Waals surface area contributed by atoms with Crippen molar-refractivity contribution in [2.24, 2.45) is 0 Å². The average Bonchev–Trinajstić information content (AvgIpc) is 2.93. The molecule has 1 atom stereocenters. The second kappa shape index (κ2) is 5.62. The van der Waals surface area contributed by atoms with Crippen LogP contribution < -0.4 is 4.74 Å². The number of fused-ring (bicyclic) bond motifs is 1. The number of aryl methyl sites for hydroxylation is 1. The zero-order chi connectivity index (χ0) is 14.8. The molecule has 0 aliphatic heterocycles. The highest BCUT2D eigenvalue weighted by Gasteiger charge is 2.19. The summed E-state index contributed by atoms with van der Waals surface area (Å²) in [6.07, 6.45) is -0.834. The molecule has 0 saturated carbocycles. The van der Waals surface area contributed by atoms with E-state index in [0.29, 0.717) is 18.1 Å². The molecule has 0 aliphatic rings. The minimum atomic E-state index is -0.834. The Labute approximate surface area is 123 Å². The van der Waals surface area contributed by atoms with Crippen LogP contribution in [0.3, 0.4) is 0 Å². The molecule has 3 heteroatoms. The maximum atomic E-state index is 10.6. The molecule has 0 spiro atoms. The molecule has 1 N–H and O–H groups in total. The second-order valence-electron chi connectivity index (χ2n) is 5.02. The number of benzene rings is 2. The lowest BCUT2D eigenvalue weighted by Crippen LogP contribution is -2.02. The first-order valence-electron chi connectivity index (χ1n) is 7.09. The number of hydrogen-bond donors (Lipinski definition) is 1. The molecule has 3 nitrogen and oxygen atoms in total. The third-order valence-corrected chi connectivity index (χ3v) is 3.54. The number of aliphatic hydroxyl groups is 1. The highest BCUT2D eigenvalue weighted by atomic mass is 16.5. The SMILES string of the molecule is CCOc1ccccc1C(O)c1cc2cccc(C)c2o1. The lowest BCUT2D eigenvalue weighted by atomic mass is 10.1. The van der Waals surface area contributed by atoms with Gasteiger partial charge in [0.15, 0.2) is 0 Å². The number of hydrogen-bond acceptors (Lipinski definition) is 3. The van der Waals surface area contributed by atoms with E-state index in [1.54, 1.807) is 0 Å². The molecular formula is C18H18O3. The third-order valence-electron chi connectivity index (χ3n) is 3.54. The molecule has 0 saturated heterocycles. The zero-order valence-electron chi connectivity index (χ0n) is 12.2. The fourth-order valence-electron chi connectivity index (χ4n) is 2.51. The predicted molar refractivity (Wildman–Crippen MR) is 82.6 cm³/mol. The molecule has 108 valence electrons. The predicted octanol–water partition coefficient (Wildman–Crippen LogP) is 4.22. The topological polar surface area (TPSA) is 42.6 Å². The molecule has 0 amide bonds. The Kier molecular flexibility index (Phi) is 3.67. The van der Waals surface area contributed by atoms with E-state index in [9.17, 15) is 5.11 Å². The minimum Gasteiger partial charge on any atom is -0.493 e. The lowest BCUT2D eigenvalue weighted by Gasteiger charge is -2.13. The summed E-state index contributed by atoms with van der Waals surface area (Å²) in [5, 5.41) is 11.6. The van der Waals surface area contributed by atoms with Gasteiger partial charge in [-0.2, -0.15) is 0 Å². The Balaban J connectivity index is 2.04. The van der Waals surface area contributed by atoms with Crippen molar-refractivity contribution in [3.63, 3.8) is 0 Å². The molecule has 21 heavy (non-hydrogen) atoms. The molecule has 1 heterocycles. The van der Waals surface area contributed by atoms with Crippen LogP contribution in [0.4, 0.5) is 0 Å². The summed E-state index contributed by atoms with van der Waals surface area (Å²) in [7, 11) is 0. The maximum absolute atomic E-state index is 10.6. The zero-order valence-corrected chi connectivity index (χ0v) is 12.2. The molecule has 2 aromatic carbocycles. The van der Waals surface area contributed by atoms with Crippen LogP contribution in [0.25, 0.3) is 11.0 Å². The molecule has 0 fully saturated rings. The quantitative estimate of drug-likeness (QED) is 0.779. The average molecular weight is 282 g/mol. The normalized spacial score (nSPS) is 12.5. The van der Waals surface area contributed by atoms with Crippen LogP contribution in [0.5, 0.6) is 5.75 Å². The van der Waals surface area contributed by atoms with Crippen LogP contribution >= 0.6 is 0 Å². The molecule has 3 rings (SSSR count). The highest BCUT2D eigenvalue weighted by Crippen LogP contribution is 2.33. The van der Waals surface area contributed by atoms with E-state index in [1.165, 1.54) is 0 Å². The van der Waals surface area contributed by atoms with Gasteiger partial charge in [-0.1, -0.05) is 36.4 Å². The third kappa shape index (κ3) is 2.52. The molecule has 3 aromatic rings. The van der Waals surface area contributed by atoms with Gasteiger partial charge in [0, 0.05) is 10.9 Å². The van der Waals surface area contributed by atoms with Gasteiger partial charge in [0.2, 0.25) is 0 Å². The van der Waals surface area contributed by atoms with Crippen molar-refractivity contribution in [1.29, 1.82) is 0 Å². The van der Waals surface area contributed by atoms with Gasteiger partial charge in [0.1, 0.15) is 23.2 Å². The Morgan fingerprint density at radius 3 is 2.71 bits per heavy atom. The molecule has 1 unspecified atom stereocenters. The molecule has 0 radical (unpaired) electrons. The van der Waals surface area contributed by atoms with Crippen LogP contribution in [0.15, 0.2) is 52.9 Å². The Bertz CT molecular complexity index is 758. The van der Waals surface area contributed by atoms with Gasteiger partial charge >= 0.3 is 0 Å². The van der Waals surface area contributed by atoms with Crippen molar-refractivity contribution in [2.75, 3.05) is 6.61 Å². The fourth-order valence-corrected chi connectivity index (χ4v) is 2.51. The Morgan fingerprint density at radius 2 is 1.95 bits per heavy atom. The summed E-state index contributed by atoms with van der Waals surface area (Å²) in [5.41, 5.74) is 2.60. The van der Waals surface area contributed by atoms with Gasteiger partial charge in [-0.05, 0) is 31.5 Å². The summed E-state index contributed by atoms with van der Waals surface area (Å²) >= 11 is 0. The number of aliphatic hydroxyl groups excluding tert-OH is 1. The number of furan rings is 1. The van der Waals surface area contributed by atoms with Gasteiger partial charge in [-0.25, -0.2) is 0 Å². The maximum Gasteiger partial charge on any atom is 0.140 e. The van der Waals surface area contributed by atoms with Crippen molar-refractivity contribution < 1.29 is 14.3 Å². The monoisotopic (exact) mass is 282 g/mol. The summed E-state index contributed by atoms with van der Waals surface area (Å²) in [6, 6.07) is 15.3. The van der Waals surface area contributed by atoms with E-state index in [0.717, 1.165) is 22.1 Å². The van der Waals surface area contributed by atoms with Crippen LogP contribution in [0.2, 0.25) is 0 Å². The van der Waals surface area contributed by atoms with E-state index in [1.807, 2.05) is 62.4 Å². The molecule has 0 aliphatic carbocycles. The summed E-state index contributed by atoms with van der Waals surface area (Å²) in [4.78, 5) is 0. The minimum absolute atomic E-state index is 0.534. The van der Waals surface area contributed by atoms with Crippen LogP contribution in [0, 0.1) is 6.92 Å². The molecule has 1 aromatic heterocycles. The van der Waals surface area contributed by atoms with Crippen molar-refractivity contribution in [2.45, 2.75) is 20.0 Å². The Morgan fingerprint density at radius 1 is 1.14 bits per heavy atom. The lowest BCUT2D eigenvalue weighted by molar-refractivity contribution is 0.186. The van der Waals surface area contributed by atoms with Gasteiger partial charge in [0.25, 0.3) is 0 Å². The second-order valence-corrected chi connectivity index (χ2v) is 5.02. The van der Waals surface area contributed by atoms with Crippen LogP contribution in [-0.4, -0.2) is 11.7 Å². The highest BCUT2D eigenvalue weighted by molar-refractivity contribution is 5.81. The first-order valence-corrected chi connectivity index (χ1v) is 7.09. The van der Waals surface area contributed by atoms with Crippen LogP contribution in [-0.2, 0) is 0 Å². The standard InChI is InChI=1S/C18H18O3/c1-3-20-15-10-5-4-9-14(15)17(19)16-11-13-8-6-7-12(2)18(13)21-16/h4-11,17,19H,3H2,1-2H3. The van der Waals surface area contributed by atoms with Gasteiger partial charge in [-0.15, -0.1) is 0 Å². The number of rotatable bonds is 4. The smallest absolute Gasteiger partial charge is 0.140 e. The van der Waals surface area contributed by atoms with Crippen LogP contribution in [0.1, 0.15) is 29.9 Å². The van der Waals surface area contributed by atoms with Crippen molar-refractivity contribution in [3.05, 3.63) is 65.4 Å². The van der Waals surface area contributed by atoms with Gasteiger partial charge in [-0.3, -0.25) is 0 Å². The largest absolute Gasteiger partial charge is 0.493 e. The summed E-state index contributed by atoms with van der Waals surface area (Å²) < 4.78 is 11.4. The van der Waals surface area contributed by atoms with E-state index >= 15 is 0 Å². The van der Waals surface area contributed by atoms with Gasteiger partial charge < -0.3 is 14.3 Å². The molecular weight excluding hydrogens is 264 g/mol.